The third-order valence-corrected chi connectivity index (χ3v) is 2.99. The fourth-order valence-corrected chi connectivity index (χ4v) is 1.94. The van der Waals surface area contributed by atoms with Gasteiger partial charge in [-0.1, -0.05) is 0 Å². The van der Waals surface area contributed by atoms with Crippen LogP contribution in [-0.4, -0.2) is 28.5 Å². The van der Waals surface area contributed by atoms with Crippen LogP contribution in [0.25, 0.3) is 0 Å². The van der Waals surface area contributed by atoms with E-state index in [4.69, 9.17) is 15.9 Å². The monoisotopic (exact) mass is 227 g/mol. The van der Waals surface area contributed by atoms with Crippen LogP contribution in [0.4, 0.5) is 5.69 Å². The van der Waals surface area contributed by atoms with E-state index in [1.807, 2.05) is 0 Å². The summed E-state index contributed by atoms with van der Waals surface area (Å²) in [6.45, 7) is 0.153. The van der Waals surface area contributed by atoms with E-state index in [0.29, 0.717) is 12.1 Å². The van der Waals surface area contributed by atoms with Gasteiger partial charge in [0.15, 0.2) is 0 Å². The van der Waals surface area contributed by atoms with Gasteiger partial charge in [0.2, 0.25) is 0 Å². The lowest BCUT2D eigenvalue weighted by Gasteiger charge is -2.05. The number of hydrogen-bond acceptors (Lipinski definition) is 4. The van der Waals surface area contributed by atoms with E-state index in [1.54, 1.807) is 6.07 Å². The van der Waals surface area contributed by atoms with Crippen molar-refractivity contribution in [1.29, 1.82) is 0 Å². The lowest BCUT2D eigenvalue weighted by Crippen LogP contribution is -1.99. The third kappa shape index (κ3) is 3.45. The van der Waals surface area contributed by atoms with E-state index < -0.39 is 5.97 Å². The first kappa shape index (κ1) is 11.9. The molecular formula is C10H13NO3S. The summed E-state index contributed by atoms with van der Waals surface area (Å²) in [7, 11) is 0. The predicted octanol–water partition coefficient (Wildman–Crippen LogP) is 1.44. The Morgan fingerprint density at radius 1 is 1.47 bits per heavy atom. The van der Waals surface area contributed by atoms with E-state index in [1.165, 1.54) is 23.9 Å². The van der Waals surface area contributed by atoms with Crippen molar-refractivity contribution in [2.75, 3.05) is 18.1 Å². The van der Waals surface area contributed by atoms with Crippen LogP contribution >= 0.6 is 11.8 Å². The van der Waals surface area contributed by atoms with E-state index >= 15 is 0 Å². The molecular weight excluding hydrogens is 214 g/mol. The fraction of sp³-hybridized carbons (Fsp3) is 0.300. The normalized spacial score (nSPS) is 10.2. The Morgan fingerprint density at radius 3 is 2.73 bits per heavy atom. The molecule has 0 bridgehead atoms. The van der Waals surface area contributed by atoms with Crippen LogP contribution in [0.5, 0.6) is 0 Å². The lowest BCUT2D eigenvalue weighted by molar-refractivity contribution is 0.0697. The van der Waals surface area contributed by atoms with E-state index in [9.17, 15) is 4.79 Å². The van der Waals surface area contributed by atoms with Crippen LogP contribution in [0.1, 0.15) is 16.8 Å². The number of benzene rings is 1. The average Bonchev–Trinajstić information content (AvgIpc) is 2.20. The van der Waals surface area contributed by atoms with Crippen LogP contribution in [0, 0.1) is 0 Å². The Kier molecular flexibility index (Phi) is 4.45. The van der Waals surface area contributed by atoms with Crippen LogP contribution in [-0.2, 0) is 0 Å². The summed E-state index contributed by atoms with van der Waals surface area (Å²) in [6, 6.07) is 4.67. The molecule has 15 heavy (non-hydrogen) atoms. The summed E-state index contributed by atoms with van der Waals surface area (Å²) >= 11 is 1.51. The second kappa shape index (κ2) is 5.63. The van der Waals surface area contributed by atoms with E-state index in [-0.39, 0.29) is 12.2 Å². The molecule has 0 fully saturated rings. The Bertz CT molecular complexity index is 355. The van der Waals surface area contributed by atoms with Crippen molar-refractivity contribution in [3.63, 3.8) is 0 Å². The average molecular weight is 227 g/mol. The summed E-state index contributed by atoms with van der Waals surface area (Å²) in [5.74, 6) is -0.207. The molecule has 1 aromatic rings. The number of nitrogens with two attached hydrogens (primary N) is 1. The van der Waals surface area contributed by atoms with Crippen LogP contribution < -0.4 is 5.73 Å². The number of aliphatic hydroxyl groups is 1. The SMILES string of the molecule is Nc1cc(C(=O)O)ccc1SCCCO. The zero-order valence-corrected chi connectivity index (χ0v) is 8.96. The lowest BCUT2D eigenvalue weighted by atomic mass is 10.2. The van der Waals surface area contributed by atoms with Crippen molar-refractivity contribution in [1.82, 2.24) is 0 Å². The zero-order chi connectivity index (χ0) is 11.3. The van der Waals surface area contributed by atoms with Crippen molar-refractivity contribution >= 4 is 23.4 Å². The summed E-state index contributed by atoms with van der Waals surface area (Å²) < 4.78 is 0. The van der Waals surface area contributed by atoms with Crippen molar-refractivity contribution in [3.8, 4) is 0 Å². The predicted molar refractivity (Wildman–Crippen MR) is 60.2 cm³/mol. The van der Waals surface area contributed by atoms with Gasteiger partial charge >= 0.3 is 5.97 Å². The van der Waals surface area contributed by atoms with E-state index in [2.05, 4.69) is 0 Å². The maximum atomic E-state index is 10.6. The van der Waals surface area contributed by atoms with Gasteiger partial charge in [-0.25, -0.2) is 4.79 Å². The minimum Gasteiger partial charge on any atom is -0.478 e. The van der Waals surface area contributed by atoms with Gasteiger partial charge in [0.1, 0.15) is 0 Å². The first-order valence-electron chi connectivity index (χ1n) is 4.51. The molecule has 0 aliphatic carbocycles. The Labute approximate surface area is 92.1 Å². The number of nitrogen functional groups attached to an aromatic ring is 1. The number of aromatic carboxylic acids is 1. The quantitative estimate of drug-likeness (QED) is 0.403. The van der Waals surface area contributed by atoms with Crippen LogP contribution in [0.3, 0.4) is 0 Å². The van der Waals surface area contributed by atoms with Gasteiger partial charge in [-0.2, -0.15) is 0 Å². The maximum Gasteiger partial charge on any atom is 0.335 e. The smallest absolute Gasteiger partial charge is 0.335 e. The number of aliphatic hydroxyl groups excluding tert-OH is 1. The molecule has 4 nitrogen and oxygen atoms in total. The number of carbonyl (C=O) groups is 1. The molecule has 0 aliphatic rings. The molecule has 0 aromatic heterocycles. The van der Waals surface area contributed by atoms with Crippen molar-refractivity contribution in [3.05, 3.63) is 23.8 Å². The molecule has 0 saturated carbocycles. The molecule has 5 heteroatoms. The second-order valence-electron chi connectivity index (χ2n) is 2.98. The number of carboxylic acids is 1. The highest BCUT2D eigenvalue weighted by molar-refractivity contribution is 7.99. The minimum atomic E-state index is -0.978. The molecule has 0 atom stereocenters. The molecule has 0 heterocycles. The fourth-order valence-electron chi connectivity index (χ4n) is 1.06. The summed E-state index contributed by atoms with van der Waals surface area (Å²) in [4.78, 5) is 11.5. The van der Waals surface area contributed by atoms with Gasteiger partial charge < -0.3 is 15.9 Å². The summed E-state index contributed by atoms with van der Waals surface area (Å²) in [5, 5.41) is 17.3. The topological polar surface area (TPSA) is 83.6 Å². The summed E-state index contributed by atoms with van der Waals surface area (Å²) in [6.07, 6.45) is 0.699. The Morgan fingerprint density at radius 2 is 2.20 bits per heavy atom. The number of hydrogen-bond donors (Lipinski definition) is 3. The molecule has 0 spiro atoms. The van der Waals surface area contributed by atoms with Gasteiger partial charge in [0, 0.05) is 22.9 Å². The molecule has 1 rings (SSSR count). The molecule has 0 saturated heterocycles. The molecule has 0 amide bonds. The maximum absolute atomic E-state index is 10.6. The second-order valence-corrected chi connectivity index (χ2v) is 4.12. The van der Waals surface area contributed by atoms with Crippen molar-refractivity contribution in [2.24, 2.45) is 0 Å². The number of thioether (sulfide) groups is 1. The minimum absolute atomic E-state index is 0.153. The van der Waals surface area contributed by atoms with Gasteiger partial charge in [-0.15, -0.1) is 11.8 Å². The Hall–Kier alpha value is -1.20. The highest BCUT2D eigenvalue weighted by Crippen LogP contribution is 2.26. The first-order chi connectivity index (χ1) is 7.15. The van der Waals surface area contributed by atoms with E-state index in [0.717, 1.165) is 10.6 Å². The highest BCUT2D eigenvalue weighted by Gasteiger charge is 2.06. The third-order valence-electron chi connectivity index (χ3n) is 1.82. The summed E-state index contributed by atoms with van der Waals surface area (Å²) in [5.41, 5.74) is 6.36. The standard InChI is InChI=1S/C10H13NO3S/c11-8-6-7(10(13)14)2-3-9(8)15-5-1-4-12/h2-3,6,12H,1,4-5,11H2,(H,13,14). The zero-order valence-electron chi connectivity index (χ0n) is 8.14. The molecule has 0 unspecified atom stereocenters. The molecule has 0 radical (unpaired) electrons. The molecule has 4 N–H and O–H groups in total. The number of anilines is 1. The first-order valence-corrected chi connectivity index (χ1v) is 5.50. The largest absolute Gasteiger partial charge is 0.478 e. The molecule has 1 aromatic carbocycles. The van der Waals surface area contributed by atoms with Crippen molar-refractivity contribution in [2.45, 2.75) is 11.3 Å². The molecule has 82 valence electrons. The van der Waals surface area contributed by atoms with Crippen molar-refractivity contribution < 1.29 is 15.0 Å². The van der Waals surface area contributed by atoms with Gasteiger partial charge in [-0.05, 0) is 24.6 Å². The number of rotatable bonds is 5. The van der Waals surface area contributed by atoms with Crippen LogP contribution in [0.15, 0.2) is 23.1 Å². The molecule has 0 aliphatic heterocycles. The number of carboxylic acid groups (broad SMARTS) is 1. The Balaban J connectivity index is 2.70. The van der Waals surface area contributed by atoms with Gasteiger partial charge in [-0.3, -0.25) is 0 Å². The van der Waals surface area contributed by atoms with Gasteiger partial charge in [0.25, 0.3) is 0 Å². The van der Waals surface area contributed by atoms with Gasteiger partial charge in [0.05, 0.1) is 5.56 Å². The van der Waals surface area contributed by atoms with Crippen LogP contribution in [0.2, 0.25) is 0 Å². The highest BCUT2D eigenvalue weighted by atomic mass is 32.2.